The summed E-state index contributed by atoms with van der Waals surface area (Å²) in [5.74, 6) is -0.533. The van der Waals surface area contributed by atoms with E-state index in [1.165, 1.54) is 14.2 Å². The molecule has 4 aliphatic rings. The fourth-order valence-electron chi connectivity index (χ4n) is 5.56. The summed E-state index contributed by atoms with van der Waals surface area (Å²) in [5.41, 5.74) is 2.75. The van der Waals surface area contributed by atoms with E-state index in [4.69, 9.17) is 9.47 Å². The molecule has 1 aromatic carbocycles. The van der Waals surface area contributed by atoms with E-state index in [2.05, 4.69) is 16.0 Å². The van der Waals surface area contributed by atoms with Crippen LogP contribution in [0, 0.1) is 5.92 Å². The zero-order valence-electron chi connectivity index (χ0n) is 15.5. The maximum atomic E-state index is 13.3. The van der Waals surface area contributed by atoms with Crippen molar-refractivity contribution in [1.29, 1.82) is 0 Å². The van der Waals surface area contributed by atoms with Crippen molar-refractivity contribution in [3.8, 4) is 0 Å². The summed E-state index contributed by atoms with van der Waals surface area (Å²) in [6.07, 6.45) is 3.47. The standard InChI is InChI=1S/C21H22N2O4/c1-26-19(24)15-9-12-10-21(20(25)27-2)17-14(7-8-23(11-12)18(15)21)13-5-3-4-6-16(13)22-17/h3-6,9,12,18,22H,7-8,10-11H2,1-2H3/t12-,18+,21-/m0/s1. The number of nitrogens with one attached hydrogen (secondary N) is 1. The molecule has 6 nitrogen and oxygen atoms in total. The number of ether oxygens (including phenoxy) is 2. The van der Waals surface area contributed by atoms with Crippen LogP contribution in [0.25, 0.3) is 10.9 Å². The minimum absolute atomic E-state index is 0.112. The summed E-state index contributed by atoms with van der Waals surface area (Å²) < 4.78 is 10.4. The number of nitrogens with zero attached hydrogens (tertiary/aromatic N) is 1. The largest absolute Gasteiger partial charge is 0.468 e. The molecule has 0 radical (unpaired) electrons. The lowest BCUT2D eigenvalue weighted by Gasteiger charge is -2.52. The first-order valence-electron chi connectivity index (χ1n) is 9.32. The van der Waals surface area contributed by atoms with Gasteiger partial charge in [-0.15, -0.1) is 0 Å². The van der Waals surface area contributed by atoms with E-state index in [0.29, 0.717) is 12.0 Å². The monoisotopic (exact) mass is 366 g/mol. The number of rotatable bonds is 2. The van der Waals surface area contributed by atoms with Crippen molar-refractivity contribution in [3.05, 3.63) is 47.2 Å². The SMILES string of the molecule is COC(=O)C1=C[C@@H]2CN3CCc4c([nH]c5ccccc45)[C@@](C(=O)OC)(C2)[C@@H]13. The van der Waals surface area contributed by atoms with Gasteiger partial charge in [-0.3, -0.25) is 9.69 Å². The molecule has 3 aliphatic heterocycles. The van der Waals surface area contributed by atoms with Gasteiger partial charge in [-0.05, 0) is 30.4 Å². The van der Waals surface area contributed by atoms with E-state index in [1.807, 2.05) is 24.3 Å². The van der Waals surface area contributed by atoms with Crippen LogP contribution < -0.4 is 0 Å². The maximum absolute atomic E-state index is 13.3. The zero-order valence-corrected chi connectivity index (χ0v) is 15.5. The number of para-hydroxylation sites is 1. The van der Waals surface area contributed by atoms with E-state index in [0.717, 1.165) is 41.7 Å². The molecular formula is C21H22N2O4. The fraction of sp³-hybridized carbons (Fsp3) is 0.429. The van der Waals surface area contributed by atoms with Crippen LogP contribution in [0.3, 0.4) is 0 Å². The molecule has 4 heterocycles. The second kappa shape index (κ2) is 5.70. The number of carbonyl (C=O) groups is 2. The van der Waals surface area contributed by atoms with Gasteiger partial charge in [0.1, 0.15) is 5.41 Å². The normalized spacial score (nSPS) is 31.0. The van der Waals surface area contributed by atoms with Crippen LogP contribution in [0.15, 0.2) is 35.9 Å². The molecule has 1 N–H and O–H groups in total. The van der Waals surface area contributed by atoms with Crippen LogP contribution in [0.2, 0.25) is 0 Å². The molecular weight excluding hydrogens is 344 g/mol. The van der Waals surface area contributed by atoms with Crippen LogP contribution in [-0.4, -0.2) is 55.2 Å². The number of esters is 2. The summed E-state index contributed by atoms with van der Waals surface area (Å²) in [6, 6.07) is 7.77. The summed E-state index contributed by atoms with van der Waals surface area (Å²) in [6.45, 7) is 1.65. The molecule has 6 heteroatoms. The number of fused-ring (bicyclic) bond motifs is 3. The lowest BCUT2D eigenvalue weighted by Crippen LogP contribution is -2.64. The number of piperidine rings is 1. The van der Waals surface area contributed by atoms with Gasteiger partial charge in [-0.1, -0.05) is 24.3 Å². The highest BCUT2D eigenvalue weighted by atomic mass is 16.5. The highest BCUT2D eigenvalue weighted by molar-refractivity contribution is 5.97. The number of H-pyrrole nitrogens is 1. The van der Waals surface area contributed by atoms with Gasteiger partial charge < -0.3 is 14.5 Å². The third kappa shape index (κ3) is 2.04. The van der Waals surface area contributed by atoms with E-state index in [9.17, 15) is 9.59 Å². The third-order valence-electron chi connectivity index (χ3n) is 6.47. The summed E-state index contributed by atoms with van der Waals surface area (Å²) in [7, 11) is 2.82. The van der Waals surface area contributed by atoms with Gasteiger partial charge in [0.05, 0.1) is 25.8 Å². The Bertz CT molecular complexity index is 991. The third-order valence-corrected chi connectivity index (χ3v) is 6.47. The van der Waals surface area contributed by atoms with Gasteiger partial charge in [0.25, 0.3) is 0 Å². The zero-order chi connectivity index (χ0) is 18.8. The number of carbonyl (C=O) groups excluding carboxylic acids is 2. The van der Waals surface area contributed by atoms with E-state index < -0.39 is 5.41 Å². The Balaban J connectivity index is 1.81. The van der Waals surface area contributed by atoms with Gasteiger partial charge in [-0.25, -0.2) is 4.79 Å². The number of methoxy groups -OCH3 is 2. The van der Waals surface area contributed by atoms with Crippen LogP contribution in [-0.2, 0) is 30.9 Å². The first-order chi connectivity index (χ1) is 13.1. The molecule has 1 saturated heterocycles. The van der Waals surface area contributed by atoms with Crippen LogP contribution in [0.1, 0.15) is 17.7 Å². The molecule has 0 saturated carbocycles. The summed E-state index contributed by atoms with van der Waals surface area (Å²) in [5, 5.41) is 1.14. The average molecular weight is 366 g/mol. The number of aromatic nitrogens is 1. The second-order valence-electron chi connectivity index (χ2n) is 7.71. The lowest BCUT2D eigenvalue weighted by molar-refractivity contribution is -0.155. The molecule has 1 unspecified atom stereocenters. The Hall–Kier alpha value is -2.60. The maximum Gasteiger partial charge on any atom is 0.335 e. The van der Waals surface area contributed by atoms with Gasteiger partial charge in [0.15, 0.2) is 0 Å². The number of hydrogen-bond donors (Lipinski definition) is 1. The second-order valence-corrected chi connectivity index (χ2v) is 7.71. The number of hydrogen-bond acceptors (Lipinski definition) is 5. The first kappa shape index (κ1) is 16.6. The molecule has 1 aliphatic carbocycles. The van der Waals surface area contributed by atoms with E-state index in [1.54, 1.807) is 0 Å². The summed E-state index contributed by atoms with van der Waals surface area (Å²) >= 11 is 0. The molecule has 0 spiro atoms. The summed E-state index contributed by atoms with van der Waals surface area (Å²) in [4.78, 5) is 31.6. The lowest BCUT2D eigenvalue weighted by atomic mass is 9.61. The van der Waals surface area contributed by atoms with E-state index >= 15 is 0 Å². The molecule has 2 aromatic rings. The molecule has 27 heavy (non-hydrogen) atoms. The van der Waals surface area contributed by atoms with Crippen molar-refractivity contribution in [1.82, 2.24) is 9.88 Å². The minimum Gasteiger partial charge on any atom is -0.468 e. The Morgan fingerprint density at radius 3 is 2.81 bits per heavy atom. The van der Waals surface area contributed by atoms with Crippen molar-refractivity contribution in [2.45, 2.75) is 24.3 Å². The number of aromatic amines is 1. The van der Waals surface area contributed by atoms with Gasteiger partial charge in [0.2, 0.25) is 0 Å². The van der Waals surface area contributed by atoms with Crippen molar-refractivity contribution < 1.29 is 19.1 Å². The molecule has 4 bridgehead atoms. The van der Waals surface area contributed by atoms with Gasteiger partial charge >= 0.3 is 11.9 Å². The Morgan fingerprint density at radius 1 is 1.22 bits per heavy atom. The predicted molar refractivity (Wildman–Crippen MR) is 99.3 cm³/mol. The molecule has 1 aromatic heterocycles. The Morgan fingerprint density at radius 2 is 2.04 bits per heavy atom. The van der Waals surface area contributed by atoms with Crippen molar-refractivity contribution in [2.75, 3.05) is 27.3 Å². The predicted octanol–water partition coefficient (Wildman–Crippen LogP) is 1.94. The topological polar surface area (TPSA) is 71.6 Å². The van der Waals surface area contributed by atoms with Crippen LogP contribution in [0.4, 0.5) is 0 Å². The molecule has 6 rings (SSSR count). The van der Waals surface area contributed by atoms with Crippen LogP contribution in [0.5, 0.6) is 0 Å². The van der Waals surface area contributed by atoms with Crippen LogP contribution >= 0.6 is 0 Å². The van der Waals surface area contributed by atoms with Gasteiger partial charge in [0, 0.05) is 29.7 Å². The molecule has 4 atom stereocenters. The average Bonchev–Trinajstić information content (AvgIpc) is 3.05. The van der Waals surface area contributed by atoms with Crippen molar-refractivity contribution in [3.63, 3.8) is 0 Å². The fourth-order valence-corrected chi connectivity index (χ4v) is 5.56. The first-order valence-corrected chi connectivity index (χ1v) is 9.32. The smallest absolute Gasteiger partial charge is 0.335 e. The molecule has 0 amide bonds. The van der Waals surface area contributed by atoms with Gasteiger partial charge in [-0.2, -0.15) is 0 Å². The molecule has 1 fully saturated rings. The van der Waals surface area contributed by atoms with Crippen molar-refractivity contribution in [2.24, 2.45) is 5.92 Å². The molecule has 140 valence electrons. The quantitative estimate of drug-likeness (QED) is 0.823. The highest BCUT2D eigenvalue weighted by Crippen LogP contribution is 2.52. The van der Waals surface area contributed by atoms with E-state index in [-0.39, 0.29) is 23.9 Å². The number of benzene rings is 1. The Labute approximate surface area is 157 Å². The minimum atomic E-state index is -0.916. The van der Waals surface area contributed by atoms with Crippen molar-refractivity contribution >= 4 is 22.8 Å². The highest BCUT2D eigenvalue weighted by Gasteiger charge is 2.62. The Kier molecular flexibility index (Phi) is 3.49.